The summed E-state index contributed by atoms with van der Waals surface area (Å²) < 4.78 is 6.70. The molecular formula is C18H18ClN3O2. The monoisotopic (exact) mass is 343 g/mol. The number of aryl methyl sites for hydroxylation is 1. The smallest absolute Gasteiger partial charge is 0.330 e. The van der Waals surface area contributed by atoms with Crippen molar-refractivity contribution in [2.24, 2.45) is 0 Å². The van der Waals surface area contributed by atoms with Gasteiger partial charge in [-0.3, -0.25) is 0 Å². The second kappa shape index (κ2) is 8.90. The first kappa shape index (κ1) is 17.8. The zero-order chi connectivity index (χ0) is 17.4. The molecule has 0 radical (unpaired) electrons. The van der Waals surface area contributed by atoms with Crippen molar-refractivity contribution in [1.82, 2.24) is 9.78 Å². The van der Waals surface area contributed by atoms with E-state index >= 15 is 0 Å². The lowest BCUT2D eigenvalue weighted by Crippen LogP contribution is -2.02. The Hall–Kier alpha value is -2.58. The van der Waals surface area contributed by atoms with Gasteiger partial charge < -0.3 is 4.74 Å². The third-order valence-electron chi connectivity index (χ3n) is 3.35. The van der Waals surface area contributed by atoms with Gasteiger partial charge in [0.2, 0.25) is 0 Å². The minimum atomic E-state index is -0.459. The summed E-state index contributed by atoms with van der Waals surface area (Å²) in [5.74, 6) is -0.459. The topological polar surface area (TPSA) is 67.9 Å². The molecule has 6 heteroatoms. The van der Waals surface area contributed by atoms with Gasteiger partial charge >= 0.3 is 5.97 Å². The van der Waals surface area contributed by atoms with Crippen molar-refractivity contribution in [3.05, 3.63) is 58.4 Å². The molecule has 0 amide bonds. The molecule has 0 N–H and O–H groups in total. The molecule has 0 bridgehead atoms. The number of unbranched alkanes of at least 4 members (excludes halogenated alkanes) is 1. The minimum Gasteiger partial charge on any atom is -0.462 e. The van der Waals surface area contributed by atoms with Gasteiger partial charge in [-0.1, -0.05) is 41.9 Å². The third kappa shape index (κ3) is 4.97. The van der Waals surface area contributed by atoms with Gasteiger partial charge in [0.05, 0.1) is 24.9 Å². The van der Waals surface area contributed by atoms with Crippen LogP contribution in [0.5, 0.6) is 0 Å². The van der Waals surface area contributed by atoms with Gasteiger partial charge in [-0.15, -0.1) is 0 Å². The van der Waals surface area contributed by atoms with E-state index in [1.165, 1.54) is 6.08 Å². The molecule has 2 rings (SSSR count). The molecular weight excluding hydrogens is 326 g/mol. The highest BCUT2D eigenvalue weighted by Gasteiger charge is 2.11. The van der Waals surface area contributed by atoms with Crippen LogP contribution in [0, 0.1) is 18.3 Å². The minimum absolute atomic E-state index is 0.233. The fourth-order valence-corrected chi connectivity index (χ4v) is 2.44. The largest absolute Gasteiger partial charge is 0.462 e. The van der Waals surface area contributed by atoms with E-state index in [1.54, 1.807) is 10.8 Å². The van der Waals surface area contributed by atoms with Crippen LogP contribution < -0.4 is 0 Å². The first-order valence-corrected chi connectivity index (χ1v) is 7.98. The summed E-state index contributed by atoms with van der Waals surface area (Å²) in [5, 5.41) is 13.3. The summed E-state index contributed by atoms with van der Waals surface area (Å²) in [5.41, 5.74) is 2.53. The Balaban J connectivity index is 2.02. The van der Waals surface area contributed by atoms with Crippen molar-refractivity contribution in [3.8, 4) is 6.07 Å². The zero-order valence-electron chi connectivity index (χ0n) is 13.4. The molecule has 1 aromatic carbocycles. The molecule has 0 saturated heterocycles. The van der Waals surface area contributed by atoms with Crippen LogP contribution in [0.25, 0.3) is 6.08 Å². The van der Waals surface area contributed by atoms with Crippen LogP contribution in [-0.2, 0) is 16.1 Å². The Labute approximate surface area is 146 Å². The number of hydrogen-bond donors (Lipinski definition) is 0. The fourth-order valence-electron chi connectivity index (χ4n) is 2.14. The van der Waals surface area contributed by atoms with Crippen molar-refractivity contribution >= 4 is 23.6 Å². The third-order valence-corrected chi connectivity index (χ3v) is 3.75. The second-order valence-electron chi connectivity index (χ2n) is 5.20. The SMILES string of the molecule is Cc1nn(Cc2ccccc2)c(Cl)c1/C=C/C(=O)OCCCC#N. The van der Waals surface area contributed by atoms with Crippen molar-refractivity contribution in [3.63, 3.8) is 0 Å². The Morgan fingerprint density at radius 3 is 2.88 bits per heavy atom. The Kier molecular flexibility index (Phi) is 6.59. The van der Waals surface area contributed by atoms with Gasteiger partial charge in [-0.25, -0.2) is 9.48 Å². The van der Waals surface area contributed by atoms with Crippen molar-refractivity contribution in [1.29, 1.82) is 5.26 Å². The summed E-state index contributed by atoms with van der Waals surface area (Å²) in [4.78, 5) is 11.6. The van der Waals surface area contributed by atoms with E-state index in [0.717, 1.165) is 11.3 Å². The number of carbonyl (C=O) groups excluding carboxylic acids is 1. The molecule has 0 spiro atoms. The number of aromatic nitrogens is 2. The number of halogens is 1. The first-order chi connectivity index (χ1) is 11.6. The van der Waals surface area contributed by atoms with Crippen LogP contribution in [0.4, 0.5) is 0 Å². The molecule has 1 aromatic heterocycles. The first-order valence-electron chi connectivity index (χ1n) is 7.60. The van der Waals surface area contributed by atoms with Crippen LogP contribution in [0.3, 0.4) is 0 Å². The number of nitriles is 1. The average Bonchev–Trinajstić information content (AvgIpc) is 2.84. The summed E-state index contributed by atoms with van der Waals surface area (Å²) in [7, 11) is 0. The highest BCUT2D eigenvalue weighted by atomic mass is 35.5. The van der Waals surface area contributed by atoms with Crippen LogP contribution in [0.2, 0.25) is 5.15 Å². The van der Waals surface area contributed by atoms with Crippen LogP contribution in [-0.4, -0.2) is 22.4 Å². The molecule has 0 atom stereocenters. The average molecular weight is 344 g/mol. The maximum absolute atomic E-state index is 11.6. The predicted octanol–water partition coefficient (Wildman–Crippen LogP) is 3.75. The molecule has 0 fully saturated rings. The molecule has 0 unspecified atom stereocenters. The number of benzene rings is 1. The Morgan fingerprint density at radius 1 is 1.42 bits per heavy atom. The number of ether oxygens (including phenoxy) is 1. The van der Waals surface area contributed by atoms with Gasteiger partial charge in [0.15, 0.2) is 0 Å². The molecule has 5 nitrogen and oxygen atoms in total. The molecule has 0 saturated carbocycles. The standard InChI is InChI=1S/C18H18ClN3O2/c1-14-16(9-10-17(23)24-12-6-5-11-20)18(19)22(21-14)13-15-7-3-2-4-8-15/h2-4,7-10H,5-6,12-13H2,1H3/b10-9+. The summed E-state index contributed by atoms with van der Waals surface area (Å²) in [6, 6.07) is 11.9. The van der Waals surface area contributed by atoms with Crippen LogP contribution in [0.15, 0.2) is 36.4 Å². The summed E-state index contributed by atoms with van der Waals surface area (Å²) >= 11 is 6.37. The normalized spacial score (nSPS) is 10.7. The maximum atomic E-state index is 11.6. The highest BCUT2D eigenvalue weighted by molar-refractivity contribution is 6.31. The van der Waals surface area contributed by atoms with Gasteiger partial charge in [0, 0.05) is 18.1 Å². The predicted molar refractivity (Wildman–Crippen MR) is 92.4 cm³/mol. The van der Waals surface area contributed by atoms with E-state index in [4.69, 9.17) is 21.6 Å². The molecule has 0 aliphatic carbocycles. The summed E-state index contributed by atoms with van der Waals surface area (Å²) in [6.45, 7) is 2.63. The van der Waals surface area contributed by atoms with Gasteiger partial charge in [0.25, 0.3) is 0 Å². The Morgan fingerprint density at radius 2 is 2.17 bits per heavy atom. The zero-order valence-corrected chi connectivity index (χ0v) is 14.2. The van der Waals surface area contributed by atoms with Crippen LogP contribution >= 0.6 is 11.6 Å². The Bertz CT molecular complexity index is 761. The van der Waals surface area contributed by atoms with Gasteiger partial charge in [0.1, 0.15) is 5.15 Å². The second-order valence-corrected chi connectivity index (χ2v) is 5.55. The van der Waals surface area contributed by atoms with Crippen molar-refractivity contribution in [2.75, 3.05) is 6.61 Å². The van der Waals surface area contributed by atoms with Crippen molar-refractivity contribution in [2.45, 2.75) is 26.3 Å². The fraction of sp³-hybridized carbons (Fsp3) is 0.278. The van der Waals surface area contributed by atoms with E-state index in [0.29, 0.717) is 30.1 Å². The number of rotatable bonds is 7. The molecule has 2 aromatic rings. The van der Waals surface area contributed by atoms with Crippen molar-refractivity contribution < 1.29 is 9.53 Å². The van der Waals surface area contributed by atoms with E-state index in [2.05, 4.69) is 5.10 Å². The lowest BCUT2D eigenvalue weighted by atomic mass is 10.2. The van der Waals surface area contributed by atoms with Gasteiger partial charge in [-0.2, -0.15) is 10.4 Å². The highest BCUT2D eigenvalue weighted by Crippen LogP contribution is 2.22. The summed E-state index contributed by atoms with van der Waals surface area (Å²) in [6.07, 6.45) is 3.84. The number of esters is 1. The lowest BCUT2D eigenvalue weighted by Gasteiger charge is -2.03. The number of carbonyl (C=O) groups is 1. The maximum Gasteiger partial charge on any atom is 0.330 e. The molecule has 24 heavy (non-hydrogen) atoms. The molecule has 0 aliphatic heterocycles. The number of nitrogens with zero attached hydrogens (tertiary/aromatic N) is 3. The molecule has 124 valence electrons. The lowest BCUT2D eigenvalue weighted by molar-refractivity contribution is -0.137. The van der Waals surface area contributed by atoms with E-state index < -0.39 is 5.97 Å². The molecule has 1 heterocycles. The van der Waals surface area contributed by atoms with E-state index in [1.807, 2.05) is 43.3 Å². The quantitative estimate of drug-likeness (QED) is 0.436. The van der Waals surface area contributed by atoms with Gasteiger partial charge in [-0.05, 0) is 25.0 Å². The van der Waals surface area contributed by atoms with E-state index in [-0.39, 0.29) is 6.61 Å². The molecule has 0 aliphatic rings. The van der Waals surface area contributed by atoms with E-state index in [9.17, 15) is 4.79 Å². The number of hydrogen-bond acceptors (Lipinski definition) is 4. The van der Waals surface area contributed by atoms with Crippen LogP contribution in [0.1, 0.15) is 29.7 Å².